The number of likely N-dealkylation sites (N-methyl/N-ethyl adjacent to an activating group) is 1. The molecule has 62 heavy (non-hydrogen) atoms. The van der Waals surface area contributed by atoms with Gasteiger partial charge in [0, 0.05) is 6.42 Å². The van der Waals surface area contributed by atoms with E-state index in [2.05, 4.69) is 31.3 Å². The minimum Gasteiger partial charge on any atom is -0.391 e. The van der Waals surface area contributed by atoms with Crippen molar-refractivity contribution in [1.29, 1.82) is 0 Å². The molecule has 1 amide bonds. The summed E-state index contributed by atoms with van der Waals surface area (Å²) in [4.78, 5) is 23.2. The van der Waals surface area contributed by atoms with Crippen molar-refractivity contribution >= 4 is 13.7 Å². The fourth-order valence-electron chi connectivity index (χ4n) is 8.22. The van der Waals surface area contributed by atoms with Crippen molar-refractivity contribution in [3.63, 3.8) is 0 Å². The van der Waals surface area contributed by atoms with Gasteiger partial charge in [0.25, 0.3) is 0 Å². The Morgan fingerprint density at radius 3 is 1.26 bits per heavy atom. The van der Waals surface area contributed by atoms with Gasteiger partial charge in [-0.1, -0.05) is 238 Å². The van der Waals surface area contributed by atoms with E-state index in [1.807, 2.05) is 21.1 Å². The van der Waals surface area contributed by atoms with Crippen LogP contribution in [0.2, 0.25) is 0 Å². The molecule has 0 aliphatic heterocycles. The van der Waals surface area contributed by atoms with Crippen LogP contribution < -0.4 is 5.32 Å². The van der Waals surface area contributed by atoms with Crippen LogP contribution in [0.5, 0.6) is 0 Å². The van der Waals surface area contributed by atoms with Crippen LogP contribution in [0.25, 0.3) is 0 Å². The number of quaternary nitrogens is 1. The predicted molar refractivity (Wildman–Crippen MR) is 268 cm³/mol. The number of aliphatic hydroxyl groups excluding tert-OH is 1. The van der Waals surface area contributed by atoms with Crippen LogP contribution in [0.3, 0.4) is 0 Å². The SMILES string of the molecule is CCCCCC/C=C\CCCCCCCC(=O)NC(COP(=O)(O)OCC[N+](C)(C)C)C(O)CCCCCCCCCCCCCCCCCCCCCCCCCCCCC. The Morgan fingerprint density at radius 2 is 0.871 bits per heavy atom. The molecule has 3 atom stereocenters. The lowest BCUT2D eigenvalue weighted by molar-refractivity contribution is -0.870. The first-order valence-corrected chi connectivity index (χ1v) is 28.5. The first kappa shape index (κ1) is 61.2. The summed E-state index contributed by atoms with van der Waals surface area (Å²) >= 11 is 0. The largest absolute Gasteiger partial charge is 0.472 e. The van der Waals surface area contributed by atoms with Crippen LogP contribution in [-0.2, 0) is 18.4 Å². The third-order valence-corrected chi connectivity index (χ3v) is 13.5. The van der Waals surface area contributed by atoms with Gasteiger partial charge in [0.2, 0.25) is 5.91 Å². The standard InChI is InChI=1S/C53H107N2O6P/c1-6-8-10-12-14-16-18-20-21-22-23-24-25-26-27-28-29-30-31-32-33-35-36-38-40-42-44-46-52(56)51(50-61-62(58,59)60-49-48-55(3,4)5)54-53(57)47-45-43-41-39-37-34-19-17-15-13-11-9-7-2/h17,19,51-52,56H,6-16,18,20-50H2,1-5H3,(H-,54,57,58,59)/p+1/b19-17-. The lowest BCUT2D eigenvalue weighted by Crippen LogP contribution is -2.46. The minimum absolute atomic E-state index is 0.0752. The van der Waals surface area contributed by atoms with Gasteiger partial charge in [-0.15, -0.1) is 0 Å². The second-order valence-electron chi connectivity index (χ2n) is 20.0. The smallest absolute Gasteiger partial charge is 0.391 e. The number of allylic oxidation sites excluding steroid dienone is 2. The van der Waals surface area contributed by atoms with Gasteiger partial charge in [-0.05, 0) is 38.5 Å². The molecule has 0 spiro atoms. The van der Waals surface area contributed by atoms with E-state index in [4.69, 9.17) is 9.05 Å². The number of aliphatic hydroxyl groups is 1. The predicted octanol–water partition coefficient (Wildman–Crippen LogP) is 15.9. The molecule has 9 heteroatoms. The van der Waals surface area contributed by atoms with Crippen molar-refractivity contribution in [2.75, 3.05) is 40.9 Å². The Balaban J connectivity index is 4.09. The van der Waals surface area contributed by atoms with E-state index in [9.17, 15) is 19.4 Å². The van der Waals surface area contributed by atoms with E-state index in [-0.39, 0.29) is 19.1 Å². The van der Waals surface area contributed by atoms with Crippen molar-refractivity contribution in [3.05, 3.63) is 12.2 Å². The molecule has 370 valence electrons. The van der Waals surface area contributed by atoms with Crippen LogP contribution in [0, 0.1) is 0 Å². The molecule has 3 unspecified atom stereocenters. The number of nitrogens with one attached hydrogen (secondary N) is 1. The molecule has 8 nitrogen and oxygen atoms in total. The summed E-state index contributed by atoms with van der Waals surface area (Å²) in [6.45, 7) is 4.90. The average Bonchev–Trinajstić information content (AvgIpc) is 3.23. The summed E-state index contributed by atoms with van der Waals surface area (Å²) in [5.74, 6) is -0.150. The van der Waals surface area contributed by atoms with Gasteiger partial charge in [-0.3, -0.25) is 13.8 Å². The molecule has 0 rings (SSSR count). The van der Waals surface area contributed by atoms with Crippen LogP contribution >= 0.6 is 7.82 Å². The minimum atomic E-state index is -4.32. The van der Waals surface area contributed by atoms with E-state index in [1.54, 1.807) is 0 Å². The fourth-order valence-corrected chi connectivity index (χ4v) is 8.96. The number of nitrogens with zero attached hydrogens (tertiary/aromatic N) is 1. The Bertz CT molecular complexity index is 1020. The highest BCUT2D eigenvalue weighted by Crippen LogP contribution is 2.43. The van der Waals surface area contributed by atoms with Crippen LogP contribution in [0.4, 0.5) is 0 Å². The van der Waals surface area contributed by atoms with Gasteiger partial charge in [0.15, 0.2) is 0 Å². The number of phosphoric acid groups is 1. The zero-order chi connectivity index (χ0) is 45.7. The third-order valence-electron chi connectivity index (χ3n) is 12.5. The molecule has 0 aromatic rings. The number of rotatable bonds is 50. The Hall–Kier alpha value is -0.760. The zero-order valence-corrected chi connectivity index (χ0v) is 43.0. The molecule has 0 aliphatic carbocycles. The second-order valence-corrected chi connectivity index (χ2v) is 21.4. The highest BCUT2D eigenvalue weighted by atomic mass is 31.2. The van der Waals surface area contributed by atoms with E-state index in [0.29, 0.717) is 23.9 Å². The fraction of sp³-hybridized carbons (Fsp3) is 0.943. The Morgan fingerprint density at radius 1 is 0.532 bits per heavy atom. The van der Waals surface area contributed by atoms with Crippen molar-refractivity contribution in [3.8, 4) is 0 Å². The van der Waals surface area contributed by atoms with E-state index in [1.165, 1.54) is 193 Å². The molecule has 0 heterocycles. The molecular formula is C53H108N2O6P+. The molecule has 3 N–H and O–H groups in total. The first-order valence-electron chi connectivity index (χ1n) is 27.1. The monoisotopic (exact) mass is 900 g/mol. The summed E-state index contributed by atoms with van der Waals surface area (Å²) in [7, 11) is 1.62. The van der Waals surface area contributed by atoms with E-state index >= 15 is 0 Å². The van der Waals surface area contributed by atoms with Crippen molar-refractivity contribution in [2.24, 2.45) is 0 Å². The number of carbonyl (C=O) groups is 1. The second kappa shape index (κ2) is 45.4. The highest BCUT2D eigenvalue weighted by Gasteiger charge is 2.28. The molecule has 0 radical (unpaired) electrons. The average molecular weight is 900 g/mol. The van der Waals surface area contributed by atoms with Gasteiger partial charge in [0.05, 0.1) is 39.9 Å². The highest BCUT2D eigenvalue weighted by molar-refractivity contribution is 7.47. The molecule has 0 saturated heterocycles. The van der Waals surface area contributed by atoms with Crippen LogP contribution in [0.1, 0.15) is 271 Å². The topological polar surface area (TPSA) is 105 Å². The van der Waals surface area contributed by atoms with Crippen molar-refractivity contribution in [2.45, 2.75) is 283 Å². The Labute approximate surface area is 386 Å². The maximum absolute atomic E-state index is 12.9. The number of carbonyl (C=O) groups excluding carboxylic acids is 1. The van der Waals surface area contributed by atoms with Gasteiger partial charge in [-0.25, -0.2) is 4.57 Å². The summed E-state index contributed by atoms with van der Waals surface area (Å²) in [6.07, 6.45) is 54.1. The normalized spacial score (nSPS) is 14.1. The number of hydrogen-bond donors (Lipinski definition) is 3. The molecule has 0 bridgehead atoms. The number of amides is 1. The quantitative estimate of drug-likeness (QED) is 0.0243. The van der Waals surface area contributed by atoms with Crippen molar-refractivity contribution < 1.29 is 32.9 Å². The van der Waals surface area contributed by atoms with Gasteiger partial charge >= 0.3 is 7.82 Å². The number of hydrogen-bond acceptors (Lipinski definition) is 5. The van der Waals surface area contributed by atoms with E-state index in [0.717, 1.165) is 51.4 Å². The maximum Gasteiger partial charge on any atom is 0.472 e. The molecule has 0 saturated carbocycles. The zero-order valence-electron chi connectivity index (χ0n) is 42.1. The molecule has 0 aromatic heterocycles. The van der Waals surface area contributed by atoms with Crippen LogP contribution in [0.15, 0.2) is 12.2 Å². The van der Waals surface area contributed by atoms with Crippen molar-refractivity contribution in [1.82, 2.24) is 5.32 Å². The van der Waals surface area contributed by atoms with E-state index < -0.39 is 20.0 Å². The van der Waals surface area contributed by atoms with Crippen LogP contribution in [-0.4, -0.2) is 73.4 Å². The Kier molecular flexibility index (Phi) is 44.8. The van der Waals surface area contributed by atoms with Gasteiger partial charge < -0.3 is 19.8 Å². The molecule has 0 aromatic carbocycles. The first-order chi connectivity index (χ1) is 30.0. The third kappa shape index (κ3) is 47.2. The summed E-state index contributed by atoms with van der Waals surface area (Å²) in [6, 6.07) is -0.761. The molecule has 0 fully saturated rings. The number of unbranched alkanes of at least 4 members (excludes halogenated alkanes) is 35. The lowest BCUT2D eigenvalue weighted by Gasteiger charge is -2.26. The summed E-state index contributed by atoms with van der Waals surface area (Å²) in [5.41, 5.74) is 0. The molecular weight excluding hydrogens is 792 g/mol. The maximum atomic E-state index is 12.9. The van der Waals surface area contributed by atoms with Gasteiger partial charge in [0.1, 0.15) is 13.2 Å². The lowest BCUT2D eigenvalue weighted by atomic mass is 10.0. The van der Waals surface area contributed by atoms with Gasteiger partial charge in [-0.2, -0.15) is 0 Å². The summed E-state index contributed by atoms with van der Waals surface area (Å²) < 4.78 is 23.7. The summed E-state index contributed by atoms with van der Waals surface area (Å²) in [5, 5.41) is 14.0. The number of phosphoric ester groups is 1. The molecule has 0 aliphatic rings.